The predicted molar refractivity (Wildman–Crippen MR) is 42.3 cm³/mol. The van der Waals surface area contributed by atoms with Crippen LogP contribution >= 0.6 is 0 Å². The molecule has 0 radical (unpaired) electrons. The van der Waals surface area contributed by atoms with Crippen LogP contribution in [-0.4, -0.2) is 15.1 Å². The van der Waals surface area contributed by atoms with E-state index in [-0.39, 0.29) is 0 Å². The van der Waals surface area contributed by atoms with Gasteiger partial charge in [0.25, 0.3) is 0 Å². The Morgan fingerprint density at radius 3 is 2.83 bits per heavy atom. The predicted octanol–water partition coefficient (Wildman–Crippen LogP) is 1.44. The maximum atomic E-state index is 4.82. The van der Waals surface area contributed by atoms with Gasteiger partial charge in [-0.1, -0.05) is 11.2 Å². The lowest BCUT2D eigenvalue weighted by Crippen LogP contribution is -1.83. The number of rotatable bonds is 1. The van der Waals surface area contributed by atoms with Crippen LogP contribution in [0, 0.1) is 6.92 Å². The average molecular weight is 161 g/mol. The van der Waals surface area contributed by atoms with Crippen LogP contribution in [0.15, 0.2) is 28.9 Å². The molecule has 4 heteroatoms. The molecule has 2 aromatic rings. The van der Waals surface area contributed by atoms with E-state index < -0.39 is 0 Å². The van der Waals surface area contributed by atoms with Crippen molar-refractivity contribution < 1.29 is 4.52 Å². The highest BCUT2D eigenvalue weighted by Crippen LogP contribution is 2.10. The molecule has 0 saturated carbocycles. The topological polar surface area (TPSA) is 51.8 Å². The fraction of sp³-hybridized carbons (Fsp3) is 0.125. The Bertz CT molecular complexity index is 369. The number of aromatic nitrogens is 3. The Morgan fingerprint density at radius 1 is 1.33 bits per heavy atom. The average Bonchev–Trinajstić information content (AvgIpc) is 2.54. The molecule has 2 rings (SSSR count). The number of nitrogens with zero attached hydrogens (tertiary/aromatic N) is 3. The minimum absolute atomic E-state index is 0.535. The van der Waals surface area contributed by atoms with Crippen molar-refractivity contribution in [2.45, 2.75) is 6.92 Å². The molecule has 0 saturated heterocycles. The van der Waals surface area contributed by atoms with Crippen LogP contribution in [0.5, 0.6) is 0 Å². The van der Waals surface area contributed by atoms with E-state index >= 15 is 0 Å². The third kappa shape index (κ3) is 1.18. The zero-order valence-electron chi connectivity index (χ0n) is 6.56. The smallest absolute Gasteiger partial charge is 0.223 e. The monoisotopic (exact) mass is 161 g/mol. The summed E-state index contributed by atoms with van der Waals surface area (Å²) in [6, 6.07) is 5.56. The lowest BCUT2D eigenvalue weighted by molar-refractivity contribution is 0.394. The first kappa shape index (κ1) is 6.97. The molecular formula is C8H7N3O. The second-order valence-corrected chi connectivity index (χ2v) is 2.35. The fourth-order valence-electron chi connectivity index (χ4n) is 0.898. The van der Waals surface area contributed by atoms with Gasteiger partial charge >= 0.3 is 0 Å². The molecule has 0 aliphatic heterocycles. The highest BCUT2D eigenvalue weighted by Gasteiger charge is 2.04. The van der Waals surface area contributed by atoms with Gasteiger partial charge in [0.05, 0.1) is 0 Å². The van der Waals surface area contributed by atoms with E-state index in [0.29, 0.717) is 11.7 Å². The summed E-state index contributed by atoms with van der Waals surface area (Å²) in [6.45, 7) is 1.75. The van der Waals surface area contributed by atoms with Gasteiger partial charge in [0.1, 0.15) is 5.69 Å². The molecule has 0 bridgehead atoms. The van der Waals surface area contributed by atoms with Gasteiger partial charge in [-0.2, -0.15) is 4.98 Å². The summed E-state index contributed by atoms with van der Waals surface area (Å²) in [4.78, 5) is 8.12. The molecule has 0 fully saturated rings. The second-order valence-electron chi connectivity index (χ2n) is 2.35. The molecule has 0 aromatic carbocycles. The van der Waals surface area contributed by atoms with E-state index in [1.54, 1.807) is 13.1 Å². The molecular weight excluding hydrogens is 154 g/mol. The van der Waals surface area contributed by atoms with E-state index in [1.807, 2.05) is 18.2 Å². The van der Waals surface area contributed by atoms with E-state index in [0.717, 1.165) is 5.69 Å². The number of hydrogen-bond donors (Lipinski definition) is 0. The standard InChI is InChI=1S/C8H7N3O/c1-6-10-8(11-12-6)7-4-2-3-5-9-7/h2-5H,1H3. The lowest BCUT2D eigenvalue weighted by Gasteiger charge is -1.88. The first-order chi connectivity index (χ1) is 5.86. The van der Waals surface area contributed by atoms with Crippen LogP contribution < -0.4 is 0 Å². The Hall–Kier alpha value is -1.71. The molecule has 0 atom stereocenters. The van der Waals surface area contributed by atoms with E-state index in [2.05, 4.69) is 15.1 Å². The molecule has 12 heavy (non-hydrogen) atoms. The van der Waals surface area contributed by atoms with Crippen LogP contribution in [0.4, 0.5) is 0 Å². The fourth-order valence-corrected chi connectivity index (χ4v) is 0.898. The van der Waals surface area contributed by atoms with Crippen LogP contribution in [0.1, 0.15) is 5.89 Å². The van der Waals surface area contributed by atoms with Crippen LogP contribution in [0.3, 0.4) is 0 Å². The van der Waals surface area contributed by atoms with Gasteiger partial charge in [-0.15, -0.1) is 0 Å². The number of hydrogen-bond acceptors (Lipinski definition) is 4. The highest BCUT2D eigenvalue weighted by atomic mass is 16.5. The van der Waals surface area contributed by atoms with Crippen molar-refractivity contribution in [2.24, 2.45) is 0 Å². The third-order valence-electron chi connectivity index (χ3n) is 1.42. The zero-order valence-corrected chi connectivity index (χ0v) is 6.56. The van der Waals surface area contributed by atoms with E-state index in [4.69, 9.17) is 4.52 Å². The molecule has 0 aliphatic carbocycles. The Kier molecular flexibility index (Phi) is 1.59. The summed E-state index contributed by atoms with van der Waals surface area (Å²) < 4.78 is 4.82. The lowest BCUT2D eigenvalue weighted by atomic mass is 10.3. The second kappa shape index (κ2) is 2.73. The molecule has 0 spiro atoms. The van der Waals surface area contributed by atoms with Crippen molar-refractivity contribution in [3.63, 3.8) is 0 Å². The highest BCUT2D eigenvalue weighted by molar-refractivity contribution is 5.46. The SMILES string of the molecule is Cc1nc(-c2ccccn2)no1. The first-order valence-electron chi connectivity index (χ1n) is 3.58. The van der Waals surface area contributed by atoms with Crippen molar-refractivity contribution in [2.75, 3.05) is 0 Å². The summed E-state index contributed by atoms with van der Waals surface area (Å²) in [5.41, 5.74) is 0.731. The number of pyridine rings is 1. The molecule has 60 valence electrons. The number of aryl methyl sites for hydroxylation is 1. The summed E-state index contributed by atoms with van der Waals surface area (Å²) in [5.74, 6) is 1.09. The van der Waals surface area contributed by atoms with Gasteiger partial charge < -0.3 is 4.52 Å². The van der Waals surface area contributed by atoms with E-state index in [9.17, 15) is 0 Å². The van der Waals surface area contributed by atoms with Gasteiger partial charge in [0.2, 0.25) is 11.7 Å². The minimum Gasteiger partial charge on any atom is -0.339 e. The first-order valence-corrected chi connectivity index (χ1v) is 3.58. The van der Waals surface area contributed by atoms with Crippen molar-refractivity contribution >= 4 is 0 Å². The van der Waals surface area contributed by atoms with Crippen molar-refractivity contribution in [1.82, 2.24) is 15.1 Å². The third-order valence-corrected chi connectivity index (χ3v) is 1.42. The van der Waals surface area contributed by atoms with Gasteiger partial charge in [-0.25, -0.2) is 0 Å². The molecule has 0 N–H and O–H groups in total. The minimum atomic E-state index is 0.535. The molecule has 0 unspecified atom stereocenters. The van der Waals surface area contributed by atoms with E-state index in [1.165, 1.54) is 0 Å². The van der Waals surface area contributed by atoms with Crippen molar-refractivity contribution in [1.29, 1.82) is 0 Å². The largest absolute Gasteiger partial charge is 0.339 e. The zero-order chi connectivity index (χ0) is 8.39. The molecule has 4 nitrogen and oxygen atoms in total. The molecule has 2 aromatic heterocycles. The maximum absolute atomic E-state index is 4.82. The summed E-state index contributed by atoms with van der Waals surface area (Å²) in [7, 11) is 0. The summed E-state index contributed by atoms with van der Waals surface area (Å²) in [6.07, 6.45) is 1.70. The Labute approximate surface area is 69.3 Å². The van der Waals surface area contributed by atoms with Crippen molar-refractivity contribution in [3.8, 4) is 11.5 Å². The van der Waals surface area contributed by atoms with Gasteiger partial charge in [0, 0.05) is 13.1 Å². The molecule has 0 amide bonds. The van der Waals surface area contributed by atoms with Crippen LogP contribution in [0.25, 0.3) is 11.5 Å². The van der Waals surface area contributed by atoms with Gasteiger partial charge in [-0.05, 0) is 12.1 Å². The normalized spacial score (nSPS) is 10.1. The van der Waals surface area contributed by atoms with Crippen molar-refractivity contribution in [3.05, 3.63) is 30.3 Å². The maximum Gasteiger partial charge on any atom is 0.223 e. The molecule has 2 heterocycles. The molecule has 0 aliphatic rings. The van der Waals surface area contributed by atoms with Crippen LogP contribution in [0.2, 0.25) is 0 Å². The van der Waals surface area contributed by atoms with Crippen LogP contribution in [-0.2, 0) is 0 Å². The quantitative estimate of drug-likeness (QED) is 0.635. The summed E-state index contributed by atoms with van der Waals surface area (Å²) >= 11 is 0. The van der Waals surface area contributed by atoms with Gasteiger partial charge in [0.15, 0.2) is 0 Å². The van der Waals surface area contributed by atoms with Gasteiger partial charge in [-0.3, -0.25) is 4.98 Å². The summed E-state index contributed by atoms with van der Waals surface area (Å²) in [5, 5.41) is 3.74. The Balaban J connectivity index is 2.45. The Morgan fingerprint density at radius 2 is 2.25 bits per heavy atom.